The summed E-state index contributed by atoms with van der Waals surface area (Å²) < 4.78 is 42.2. The molecule has 1 saturated heterocycles. The minimum absolute atomic E-state index is 0.0623. The first-order valence-electron chi connectivity index (χ1n) is 10.2. The molecular formula is C23H29FN2O3S. The second-order valence-electron chi connectivity index (χ2n) is 8.64. The number of hydrogen-bond donors (Lipinski definition) is 1. The average molecular weight is 433 g/mol. The van der Waals surface area contributed by atoms with Crippen molar-refractivity contribution in [2.24, 2.45) is 11.8 Å². The minimum Gasteiger partial charge on any atom is -0.321 e. The summed E-state index contributed by atoms with van der Waals surface area (Å²) in [5, 5.41) is 2.75. The van der Waals surface area contributed by atoms with Crippen LogP contribution >= 0.6 is 0 Å². The van der Waals surface area contributed by atoms with E-state index >= 15 is 0 Å². The van der Waals surface area contributed by atoms with Gasteiger partial charge < -0.3 is 5.32 Å². The highest BCUT2D eigenvalue weighted by Gasteiger charge is 2.32. The maximum Gasteiger partial charge on any atom is 0.258 e. The van der Waals surface area contributed by atoms with Crippen LogP contribution in [0.3, 0.4) is 0 Å². The van der Waals surface area contributed by atoms with Gasteiger partial charge in [0.15, 0.2) is 0 Å². The molecule has 162 valence electrons. The lowest BCUT2D eigenvalue weighted by molar-refractivity contribution is 0.102. The number of amides is 1. The minimum atomic E-state index is -3.81. The Kier molecular flexibility index (Phi) is 6.34. The van der Waals surface area contributed by atoms with E-state index in [9.17, 15) is 17.6 Å². The summed E-state index contributed by atoms with van der Waals surface area (Å²) in [7, 11) is -3.81. The van der Waals surface area contributed by atoms with Gasteiger partial charge in [0.25, 0.3) is 5.91 Å². The molecule has 1 aliphatic heterocycles. The van der Waals surface area contributed by atoms with E-state index in [1.54, 1.807) is 0 Å². The third-order valence-electron chi connectivity index (χ3n) is 5.57. The first-order chi connectivity index (χ1) is 14.0. The zero-order valence-corrected chi connectivity index (χ0v) is 18.9. The largest absolute Gasteiger partial charge is 0.321 e. The number of carbonyl (C=O) groups excluding carboxylic acids is 1. The van der Waals surface area contributed by atoms with E-state index in [-0.39, 0.29) is 22.3 Å². The normalized spacial score (nSPS) is 20.2. The monoisotopic (exact) mass is 432 g/mol. The van der Waals surface area contributed by atoms with Gasteiger partial charge in [-0.05, 0) is 68.4 Å². The van der Waals surface area contributed by atoms with Gasteiger partial charge in [0.05, 0.1) is 10.5 Å². The van der Waals surface area contributed by atoms with Crippen LogP contribution in [0.5, 0.6) is 0 Å². The second-order valence-corrected chi connectivity index (χ2v) is 10.6. The molecule has 3 rings (SSSR count). The molecule has 1 fully saturated rings. The van der Waals surface area contributed by atoms with E-state index in [1.807, 2.05) is 46.8 Å². The summed E-state index contributed by atoms with van der Waals surface area (Å²) in [4.78, 5) is 12.8. The Balaban J connectivity index is 1.93. The Morgan fingerprint density at radius 1 is 1.03 bits per heavy atom. The average Bonchev–Trinajstić information content (AvgIpc) is 2.63. The molecule has 1 amide bonds. The van der Waals surface area contributed by atoms with Gasteiger partial charge in [0, 0.05) is 18.8 Å². The van der Waals surface area contributed by atoms with Crippen LogP contribution in [0.2, 0.25) is 0 Å². The van der Waals surface area contributed by atoms with Crippen LogP contribution < -0.4 is 5.32 Å². The number of aryl methyl sites for hydroxylation is 3. The highest BCUT2D eigenvalue weighted by Crippen LogP contribution is 2.28. The van der Waals surface area contributed by atoms with E-state index in [1.165, 1.54) is 10.4 Å². The van der Waals surface area contributed by atoms with Crippen LogP contribution in [0.1, 0.15) is 47.3 Å². The third-order valence-corrected chi connectivity index (χ3v) is 7.40. The summed E-state index contributed by atoms with van der Waals surface area (Å²) >= 11 is 0. The van der Waals surface area contributed by atoms with Crippen molar-refractivity contribution in [2.45, 2.75) is 45.9 Å². The van der Waals surface area contributed by atoms with E-state index in [2.05, 4.69) is 5.32 Å². The Bertz CT molecular complexity index is 1050. The molecule has 30 heavy (non-hydrogen) atoms. The van der Waals surface area contributed by atoms with Crippen molar-refractivity contribution >= 4 is 21.6 Å². The zero-order valence-electron chi connectivity index (χ0n) is 18.1. The first-order valence-corrected chi connectivity index (χ1v) is 11.6. The van der Waals surface area contributed by atoms with Gasteiger partial charge in [0.1, 0.15) is 5.82 Å². The molecule has 1 heterocycles. The van der Waals surface area contributed by atoms with Crippen molar-refractivity contribution in [2.75, 3.05) is 18.4 Å². The van der Waals surface area contributed by atoms with Crippen molar-refractivity contribution in [3.8, 4) is 0 Å². The standard InChI is InChI=1S/C23H29FN2O3S/c1-14-9-17(4)22(18(5)10-14)25-23(27)20-11-19(6-7-21(20)24)30(28,29)26-12-15(2)8-16(3)13-26/h6-7,9-11,15-16H,8,12-13H2,1-5H3,(H,25,27)/t15-,16-/m1/s1. The van der Waals surface area contributed by atoms with E-state index in [0.717, 1.165) is 35.2 Å². The smallest absolute Gasteiger partial charge is 0.258 e. The van der Waals surface area contributed by atoms with Gasteiger partial charge in [0.2, 0.25) is 10.0 Å². The summed E-state index contributed by atoms with van der Waals surface area (Å²) in [5.41, 5.74) is 3.11. The number of nitrogens with zero attached hydrogens (tertiary/aromatic N) is 1. The SMILES string of the molecule is Cc1cc(C)c(NC(=O)c2cc(S(=O)(=O)N3C[C@H](C)C[C@@H](C)C3)ccc2F)c(C)c1. The van der Waals surface area contributed by atoms with Gasteiger partial charge in [-0.2, -0.15) is 4.31 Å². The van der Waals surface area contributed by atoms with Gasteiger partial charge in [-0.15, -0.1) is 0 Å². The molecule has 0 radical (unpaired) electrons. The van der Waals surface area contributed by atoms with Crippen molar-refractivity contribution < 1.29 is 17.6 Å². The van der Waals surface area contributed by atoms with Crippen molar-refractivity contribution in [3.63, 3.8) is 0 Å². The lowest BCUT2D eigenvalue weighted by Crippen LogP contribution is -2.42. The fourth-order valence-corrected chi connectivity index (χ4v) is 6.05. The molecule has 2 atom stereocenters. The predicted molar refractivity (Wildman–Crippen MR) is 117 cm³/mol. The number of halogens is 1. The van der Waals surface area contributed by atoms with Gasteiger partial charge in [-0.1, -0.05) is 31.5 Å². The van der Waals surface area contributed by atoms with Crippen LogP contribution in [0.15, 0.2) is 35.2 Å². The first kappa shape index (κ1) is 22.4. The molecule has 2 aromatic carbocycles. The highest BCUT2D eigenvalue weighted by molar-refractivity contribution is 7.89. The topological polar surface area (TPSA) is 66.5 Å². The molecule has 0 unspecified atom stereocenters. The third kappa shape index (κ3) is 4.57. The van der Waals surface area contributed by atoms with Crippen LogP contribution in [0.4, 0.5) is 10.1 Å². The van der Waals surface area contributed by atoms with Gasteiger partial charge in [-0.25, -0.2) is 12.8 Å². The van der Waals surface area contributed by atoms with Crippen LogP contribution in [0, 0.1) is 38.4 Å². The zero-order chi connectivity index (χ0) is 22.2. The molecule has 0 saturated carbocycles. The number of carbonyl (C=O) groups is 1. The maximum atomic E-state index is 14.5. The van der Waals surface area contributed by atoms with E-state index < -0.39 is 21.7 Å². The van der Waals surface area contributed by atoms with Crippen molar-refractivity contribution in [1.82, 2.24) is 4.31 Å². The molecule has 7 heteroatoms. The van der Waals surface area contributed by atoms with Gasteiger partial charge >= 0.3 is 0 Å². The van der Waals surface area contributed by atoms with Crippen molar-refractivity contribution in [3.05, 3.63) is 58.4 Å². The van der Waals surface area contributed by atoms with Crippen LogP contribution in [0.25, 0.3) is 0 Å². The number of benzene rings is 2. The van der Waals surface area contributed by atoms with Crippen LogP contribution in [-0.2, 0) is 10.0 Å². The molecule has 0 spiro atoms. The van der Waals surface area contributed by atoms with Crippen LogP contribution in [-0.4, -0.2) is 31.7 Å². The maximum absolute atomic E-state index is 14.5. The summed E-state index contributed by atoms with van der Waals surface area (Å²) in [6, 6.07) is 7.28. The number of sulfonamides is 1. The predicted octanol–water partition coefficient (Wildman–Crippen LogP) is 4.67. The summed E-state index contributed by atoms with van der Waals surface area (Å²) in [6.07, 6.45) is 0.971. The molecule has 1 aliphatic rings. The Morgan fingerprint density at radius 2 is 1.60 bits per heavy atom. The fraction of sp³-hybridized carbons (Fsp3) is 0.435. The Morgan fingerprint density at radius 3 is 2.17 bits per heavy atom. The Labute approximate surface area is 178 Å². The molecule has 0 aromatic heterocycles. The van der Waals surface area contributed by atoms with Gasteiger partial charge in [-0.3, -0.25) is 4.79 Å². The highest BCUT2D eigenvalue weighted by atomic mass is 32.2. The molecular weight excluding hydrogens is 403 g/mol. The molecule has 5 nitrogen and oxygen atoms in total. The lowest BCUT2D eigenvalue weighted by atomic mass is 9.94. The number of nitrogens with one attached hydrogen (secondary N) is 1. The number of anilines is 1. The quantitative estimate of drug-likeness (QED) is 0.763. The summed E-state index contributed by atoms with van der Waals surface area (Å²) in [5.74, 6) is -0.923. The molecule has 1 N–H and O–H groups in total. The number of hydrogen-bond acceptors (Lipinski definition) is 3. The Hall–Kier alpha value is -2.25. The van der Waals surface area contributed by atoms with Crippen molar-refractivity contribution in [1.29, 1.82) is 0 Å². The lowest BCUT2D eigenvalue weighted by Gasteiger charge is -2.34. The fourth-order valence-electron chi connectivity index (χ4n) is 4.35. The summed E-state index contributed by atoms with van der Waals surface area (Å²) in [6.45, 7) is 10.6. The molecule has 0 bridgehead atoms. The second kappa shape index (κ2) is 8.47. The van der Waals surface area contributed by atoms with E-state index in [4.69, 9.17) is 0 Å². The molecule has 0 aliphatic carbocycles. The molecule has 2 aromatic rings. The number of rotatable bonds is 4. The van der Waals surface area contributed by atoms with E-state index in [0.29, 0.717) is 18.8 Å². The number of piperidine rings is 1.